The van der Waals surface area contributed by atoms with Crippen LogP contribution in [0.4, 0.5) is 13.2 Å². The highest BCUT2D eigenvalue weighted by Crippen LogP contribution is 2.15. The Balaban J connectivity index is 1.68. The Hall–Kier alpha value is -2.50. The molecule has 0 heterocycles. The molecule has 128 valence electrons. The number of ether oxygens (including phenoxy) is 1. The second-order valence-corrected chi connectivity index (χ2v) is 5.25. The zero-order valence-electron chi connectivity index (χ0n) is 13.0. The smallest absolute Gasteiger partial charge is 0.387 e. The van der Waals surface area contributed by atoms with Crippen LogP contribution in [0.1, 0.15) is 17.5 Å². The molecule has 0 fully saturated rings. The van der Waals surface area contributed by atoms with Crippen LogP contribution in [0.25, 0.3) is 0 Å². The zero-order chi connectivity index (χ0) is 17.4. The van der Waals surface area contributed by atoms with Crippen LogP contribution in [0.2, 0.25) is 0 Å². The number of carbonyl (C=O) groups excluding carboxylic acids is 1. The van der Waals surface area contributed by atoms with E-state index in [2.05, 4.69) is 10.1 Å². The van der Waals surface area contributed by atoms with E-state index in [1.807, 2.05) is 0 Å². The minimum Gasteiger partial charge on any atom is -0.435 e. The summed E-state index contributed by atoms with van der Waals surface area (Å²) in [5.41, 5.74) is 1.82. The van der Waals surface area contributed by atoms with E-state index in [0.29, 0.717) is 25.8 Å². The van der Waals surface area contributed by atoms with Crippen LogP contribution >= 0.6 is 0 Å². The van der Waals surface area contributed by atoms with Gasteiger partial charge in [0.25, 0.3) is 0 Å². The van der Waals surface area contributed by atoms with E-state index in [0.717, 1.165) is 11.1 Å². The summed E-state index contributed by atoms with van der Waals surface area (Å²) in [6, 6.07) is 12.4. The van der Waals surface area contributed by atoms with Gasteiger partial charge in [0.1, 0.15) is 11.6 Å². The Morgan fingerprint density at radius 2 is 1.54 bits per heavy atom. The number of benzene rings is 2. The SMILES string of the molecule is O=C(CCc1ccc(OC(F)F)cc1)NCCc1ccc(F)cc1. The van der Waals surface area contributed by atoms with Crippen molar-refractivity contribution >= 4 is 5.91 Å². The molecule has 0 aromatic heterocycles. The normalized spacial score (nSPS) is 10.7. The maximum Gasteiger partial charge on any atom is 0.387 e. The molecule has 1 N–H and O–H groups in total. The number of alkyl halides is 2. The summed E-state index contributed by atoms with van der Waals surface area (Å²) in [5.74, 6) is -0.282. The minimum absolute atomic E-state index is 0.0926. The molecule has 3 nitrogen and oxygen atoms in total. The average molecular weight is 337 g/mol. The lowest BCUT2D eigenvalue weighted by atomic mass is 10.1. The van der Waals surface area contributed by atoms with Gasteiger partial charge in [-0.3, -0.25) is 4.79 Å². The summed E-state index contributed by atoms with van der Waals surface area (Å²) in [6.07, 6.45) is 1.45. The van der Waals surface area contributed by atoms with Gasteiger partial charge in [-0.2, -0.15) is 8.78 Å². The lowest BCUT2D eigenvalue weighted by Crippen LogP contribution is -2.25. The molecule has 0 unspecified atom stereocenters. The summed E-state index contributed by atoms with van der Waals surface area (Å²) in [7, 11) is 0. The Morgan fingerprint density at radius 3 is 2.17 bits per heavy atom. The van der Waals surface area contributed by atoms with Gasteiger partial charge >= 0.3 is 6.61 Å². The van der Waals surface area contributed by atoms with Crippen molar-refractivity contribution < 1.29 is 22.7 Å². The molecule has 0 aliphatic carbocycles. The molecule has 0 saturated carbocycles. The number of hydrogen-bond donors (Lipinski definition) is 1. The summed E-state index contributed by atoms with van der Waals surface area (Å²) < 4.78 is 41.1. The summed E-state index contributed by atoms with van der Waals surface area (Å²) in [5, 5.41) is 2.80. The van der Waals surface area contributed by atoms with E-state index in [-0.39, 0.29) is 17.5 Å². The fourth-order valence-electron chi connectivity index (χ4n) is 2.18. The first kappa shape index (κ1) is 17.8. The second kappa shape index (κ2) is 8.96. The fourth-order valence-corrected chi connectivity index (χ4v) is 2.18. The van der Waals surface area contributed by atoms with Gasteiger partial charge < -0.3 is 10.1 Å². The molecule has 6 heteroatoms. The van der Waals surface area contributed by atoms with Crippen molar-refractivity contribution in [1.29, 1.82) is 0 Å². The molecule has 0 atom stereocenters. The third kappa shape index (κ3) is 6.32. The van der Waals surface area contributed by atoms with Gasteiger partial charge in [-0.25, -0.2) is 4.39 Å². The van der Waals surface area contributed by atoms with Gasteiger partial charge in [0, 0.05) is 13.0 Å². The van der Waals surface area contributed by atoms with E-state index in [1.54, 1.807) is 24.3 Å². The number of halogens is 3. The standard InChI is InChI=1S/C18H18F3NO2/c19-15-6-1-14(2-7-15)11-12-22-17(23)10-5-13-3-8-16(9-4-13)24-18(20)21/h1-4,6-9,18H,5,10-12H2,(H,22,23). The van der Waals surface area contributed by atoms with E-state index >= 15 is 0 Å². The quantitative estimate of drug-likeness (QED) is 0.797. The highest BCUT2D eigenvalue weighted by atomic mass is 19.3. The molecule has 0 spiro atoms. The van der Waals surface area contributed by atoms with Crippen molar-refractivity contribution in [2.75, 3.05) is 6.54 Å². The van der Waals surface area contributed by atoms with Gasteiger partial charge in [0.2, 0.25) is 5.91 Å². The van der Waals surface area contributed by atoms with Crippen LogP contribution in [0.5, 0.6) is 5.75 Å². The van der Waals surface area contributed by atoms with E-state index in [9.17, 15) is 18.0 Å². The topological polar surface area (TPSA) is 38.3 Å². The molecule has 2 aromatic rings. The van der Waals surface area contributed by atoms with E-state index in [1.165, 1.54) is 24.3 Å². The second-order valence-electron chi connectivity index (χ2n) is 5.25. The molecule has 0 bridgehead atoms. The van der Waals surface area contributed by atoms with Crippen molar-refractivity contribution in [1.82, 2.24) is 5.32 Å². The highest BCUT2D eigenvalue weighted by Gasteiger charge is 2.05. The molecule has 0 saturated heterocycles. The first-order chi connectivity index (χ1) is 11.5. The predicted molar refractivity (Wildman–Crippen MR) is 84.5 cm³/mol. The van der Waals surface area contributed by atoms with Gasteiger partial charge in [0.15, 0.2) is 0 Å². The number of hydrogen-bond acceptors (Lipinski definition) is 2. The van der Waals surface area contributed by atoms with Crippen LogP contribution in [0.15, 0.2) is 48.5 Å². The molecule has 2 rings (SSSR count). The van der Waals surface area contributed by atoms with Crippen molar-refractivity contribution in [3.63, 3.8) is 0 Å². The van der Waals surface area contributed by atoms with Gasteiger partial charge in [0.05, 0.1) is 0 Å². The number of rotatable bonds is 8. The molecule has 1 amide bonds. The third-order valence-electron chi connectivity index (χ3n) is 3.44. The van der Waals surface area contributed by atoms with Crippen LogP contribution in [0, 0.1) is 5.82 Å². The lowest BCUT2D eigenvalue weighted by molar-refractivity contribution is -0.121. The number of carbonyl (C=O) groups is 1. The molecular weight excluding hydrogens is 319 g/mol. The highest BCUT2D eigenvalue weighted by molar-refractivity contribution is 5.76. The van der Waals surface area contributed by atoms with Crippen molar-refractivity contribution in [2.45, 2.75) is 25.9 Å². The summed E-state index contributed by atoms with van der Waals surface area (Å²) in [6.45, 7) is -2.37. The first-order valence-electron chi connectivity index (χ1n) is 7.58. The number of aryl methyl sites for hydroxylation is 1. The van der Waals surface area contributed by atoms with Crippen molar-refractivity contribution in [2.24, 2.45) is 0 Å². The van der Waals surface area contributed by atoms with Crippen LogP contribution in [-0.4, -0.2) is 19.1 Å². The maximum atomic E-state index is 12.8. The predicted octanol–water partition coefficient (Wildman–Crippen LogP) is 3.72. The first-order valence-corrected chi connectivity index (χ1v) is 7.58. The fraction of sp³-hybridized carbons (Fsp3) is 0.278. The largest absolute Gasteiger partial charge is 0.435 e. The number of amides is 1. The molecule has 2 aromatic carbocycles. The van der Waals surface area contributed by atoms with Gasteiger partial charge in [-0.1, -0.05) is 24.3 Å². The molecule has 0 aliphatic rings. The minimum atomic E-state index is -2.84. The van der Waals surface area contributed by atoms with E-state index in [4.69, 9.17) is 0 Å². The summed E-state index contributed by atoms with van der Waals surface area (Å²) >= 11 is 0. The van der Waals surface area contributed by atoms with Crippen LogP contribution in [-0.2, 0) is 17.6 Å². The molecular formula is C18H18F3NO2. The van der Waals surface area contributed by atoms with E-state index < -0.39 is 6.61 Å². The zero-order valence-corrected chi connectivity index (χ0v) is 13.0. The maximum absolute atomic E-state index is 12.8. The van der Waals surface area contributed by atoms with Gasteiger partial charge in [-0.15, -0.1) is 0 Å². The van der Waals surface area contributed by atoms with Crippen molar-refractivity contribution in [3.05, 3.63) is 65.5 Å². The molecule has 0 radical (unpaired) electrons. The Morgan fingerprint density at radius 1 is 0.958 bits per heavy atom. The number of nitrogens with one attached hydrogen (secondary N) is 1. The molecule has 24 heavy (non-hydrogen) atoms. The Kier molecular flexibility index (Phi) is 6.66. The van der Waals surface area contributed by atoms with Crippen LogP contribution < -0.4 is 10.1 Å². The monoisotopic (exact) mass is 337 g/mol. The Bertz CT molecular complexity index is 642. The van der Waals surface area contributed by atoms with Crippen LogP contribution in [0.3, 0.4) is 0 Å². The summed E-state index contributed by atoms with van der Waals surface area (Å²) in [4.78, 5) is 11.8. The lowest BCUT2D eigenvalue weighted by Gasteiger charge is -2.07. The third-order valence-corrected chi connectivity index (χ3v) is 3.44. The molecule has 0 aliphatic heterocycles. The van der Waals surface area contributed by atoms with Crippen molar-refractivity contribution in [3.8, 4) is 5.75 Å². The van der Waals surface area contributed by atoms with Gasteiger partial charge in [-0.05, 0) is 48.2 Å². The Labute approximate surface area is 138 Å². The average Bonchev–Trinajstić information content (AvgIpc) is 2.55.